The number of nitrogens with one attached hydrogen (secondary N) is 1. The number of piperazine rings is 1. The van der Waals surface area contributed by atoms with Crippen LogP contribution in [0, 0.1) is 5.82 Å². The van der Waals surface area contributed by atoms with Crippen molar-refractivity contribution in [2.45, 2.75) is 32.4 Å². The third-order valence-electron chi connectivity index (χ3n) is 4.36. The Balaban J connectivity index is 1.78. The Kier molecular flexibility index (Phi) is 4.17. The monoisotopic (exact) mass is 278 g/mol. The Morgan fingerprint density at radius 3 is 3.15 bits per heavy atom. The predicted molar refractivity (Wildman–Crippen MR) is 78.4 cm³/mol. The Hall–Kier alpha value is -1.20. The maximum absolute atomic E-state index is 13.4. The molecule has 1 N–H and O–H groups in total. The Bertz CT molecular complexity index is 465. The molecular weight excluding hydrogens is 255 g/mol. The first kappa shape index (κ1) is 13.8. The number of nitrogens with zero attached hydrogens (tertiary/aromatic N) is 3. The van der Waals surface area contributed by atoms with Crippen molar-refractivity contribution in [1.29, 1.82) is 0 Å². The first-order chi connectivity index (χ1) is 9.78. The van der Waals surface area contributed by atoms with Crippen LogP contribution in [0.5, 0.6) is 0 Å². The Labute approximate surface area is 120 Å². The Morgan fingerprint density at radius 1 is 1.40 bits per heavy atom. The van der Waals surface area contributed by atoms with Gasteiger partial charge in [-0.1, -0.05) is 6.92 Å². The van der Waals surface area contributed by atoms with Gasteiger partial charge in [0.15, 0.2) is 0 Å². The molecule has 4 nitrogen and oxygen atoms in total. The van der Waals surface area contributed by atoms with Gasteiger partial charge in [0, 0.05) is 37.8 Å². The van der Waals surface area contributed by atoms with Crippen LogP contribution in [0.3, 0.4) is 0 Å². The lowest BCUT2D eigenvalue weighted by molar-refractivity contribution is 0.230. The zero-order valence-electron chi connectivity index (χ0n) is 12.1. The molecule has 0 radical (unpaired) electrons. The van der Waals surface area contributed by atoms with E-state index in [1.165, 1.54) is 25.6 Å². The van der Waals surface area contributed by atoms with E-state index in [2.05, 4.69) is 27.0 Å². The Morgan fingerprint density at radius 2 is 2.30 bits per heavy atom. The summed E-state index contributed by atoms with van der Waals surface area (Å²) in [7, 11) is 0. The highest BCUT2D eigenvalue weighted by molar-refractivity contribution is 5.47. The second kappa shape index (κ2) is 6.06. The molecule has 0 amide bonds. The van der Waals surface area contributed by atoms with Gasteiger partial charge in [-0.2, -0.15) is 0 Å². The summed E-state index contributed by atoms with van der Waals surface area (Å²) in [6.45, 7) is 7.98. The van der Waals surface area contributed by atoms with E-state index in [0.29, 0.717) is 12.6 Å². The van der Waals surface area contributed by atoms with E-state index >= 15 is 0 Å². The van der Waals surface area contributed by atoms with E-state index in [9.17, 15) is 4.39 Å². The predicted octanol–water partition coefficient (Wildman–Crippen LogP) is 1.61. The molecule has 20 heavy (non-hydrogen) atoms. The van der Waals surface area contributed by atoms with Gasteiger partial charge in [-0.3, -0.25) is 4.90 Å². The molecule has 0 aromatic carbocycles. The van der Waals surface area contributed by atoms with Crippen molar-refractivity contribution in [1.82, 2.24) is 15.2 Å². The quantitative estimate of drug-likeness (QED) is 0.907. The highest BCUT2D eigenvalue weighted by atomic mass is 19.1. The molecule has 2 aliphatic heterocycles. The van der Waals surface area contributed by atoms with E-state index in [-0.39, 0.29) is 5.82 Å². The third-order valence-corrected chi connectivity index (χ3v) is 4.36. The molecule has 0 aliphatic carbocycles. The molecule has 1 atom stereocenters. The lowest BCUT2D eigenvalue weighted by Gasteiger charge is -2.38. The van der Waals surface area contributed by atoms with Crippen molar-refractivity contribution < 1.29 is 4.39 Å². The first-order valence-electron chi connectivity index (χ1n) is 7.62. The summed E-state index contributed by atoms with van der Waals surface area (Å²) in [6.07, 6.45) is 3.92. The number of anilines is 1. The summed E-state index contributed by atoms with van der Waals surface area (Å²) >= 11 is 0. The molecule has 3 heterocycles. The molecule has 1 aromatic heterocycles. The summed E-state index contributed by atoms with van der Waals surface area (Å²) in [4.78, 5) is 9.27. The second-order valence-electron chi connectivity index (χ2n) is 5.69. The smallest absolute Gasteiger partial charge is 0.141 e. The van der Waals surface area contributed by atoms with Gasteiger partial charge in [0.05, 0.1) is 6.20 Å². The lowest BCUT2D eigenvalue weighted by atomic mass is 10.1. The summed E-state index contributed by atoms with van der Waals surface area (Å²) < 4.78 is 13.4. The van der Waals surface area contributed by atoms with Crippen molar-refractivity contribution in [3.8, 4) is 0 Å². The van der Waals surface area contributed by atoms with Crippen molar-refractivity contribution in [3.63, 3.8) is 0 Å². The van der Waals surface area contributed by atoms with Crippen LogP contribution in [0.1, 0.15) is 25.3 Å². The van der Waals surface area contributed by atoms with Crippen LogP contribution in [0.25, 0.3) is 0 Å². The van der Waals surface area contributed by atoms with Crippen LogP contribution in [0.2, 0.25) is 0 Å². The molecule has 0 bridgehead atoms. The van der Waals surface area contributed by atoms with Crippen molar-refractivity contribution in [2.75, 3.05) is 37.6 Å². The van der Waals surface area contributed by atoms with Crippen LogP contribution < -0.4 is 10.2 Å². The summed E-state index contributed by atoms with van der Waals surface area (Å²) in [5.74, 6) is 0.708. The van der Waals surface area contributed by atoms with Gasteiger partial charge in [-0.15, -0.1) is 0 Å². The van der Waals surface area contributed by atoms with Gasteiger partial charge >= 0.3 is 0 Å². The van der Waals surface area contributed by atoms with Crippen LogP contribution >= 0.6 is 0 Å². The van der Waals surface area contributed by atoms with Crippen LogP contribution in [0.4, 0.5) is 10.2 Å². The molecule has 110 valence electrons. The van der Waals surface area contributed by atoms with Gasteiger partial charge in [0.2, 0.25) is 0 Å². The van der Waals surface area contributed by atoms with E-state index < -0.39 is 0 Å². The van der Waals surface area contributed by atoms with E-state index in [1.54, 1.807) is 6.07 Å². The van der Waals surface area contributed by atoms with Crippen molar-refractivity contribution in [2.24, 2.45) is 0 Å². The average Bonchev–Trinajstić information content (AvgIpc) is 2.92. The number of rotatable bonds is 4. The number of pyridine rings is 1. The SMILES string of the molecule is CCNCc1cc(F)cnc1N1CCN2CCCC2C1. The number of halogens is 1. The summed E-state index contributed by atoms with van der Waals surface area (Å²) in [5.41, 5.74) is 0.971. The highest BCUT2D eigenvalue weighted by Gasteiger charge is 2.31. The molecule has 5 heteroatoms. The van der Waals surface area contributed by atoms with E-state index in [4.69, 9.17) is 0 Å². The first-order valence-corrected chi connectivity index (χ1v) is 7.62. The number of aromatic nitrogens is 1. The van der Waals surface area contributed by atoms with Gasteiger partial charge in [-0.05, 0) is 32.0 Å². The van der Waals surface area contributed by atoms with Gasteiger partial charge in [0.25, 0.3) is 0 Å². The fourth-order valence-electron chi connectivity index (χ4n) is 3.33. The largest absolute Gasteiger partial charge is 0.353 e. The molecule has 2 saturated heterocycles. The summed E-state index contributed by atoms with van der Waals surface area (Å²) in [5, 5.41) is 3.27. The maximum Gasteiger partial charge on any atom is 0.141 e. The van der Waals surface area contributed by atoms with E-state index in [1.807, 2.05) is 0 Å². The second-order valence-corrected chi connectivity index (χ2v) is 5.69. The van der Waals surface area contributed by atoms with Gasteiger partial charge in [0.1, 0.15) is 11.6 Å². The zero-order chi connectivity index (χ0) is 13.9. The fourth-order valence-corrected chi connectivity index (χ4v) is 3.33. The standard InChI is InChI=1S/C15H23FN4/c1-2-17-9-12-8-13(16)10-18-15(12)20-7-6-19-5-3-4-14(19)11-20/h8,10,14,17H,2-7,9,11H2,1H3. The zero-order valence-corrected chi connectivity index (χ0v) is 12.1. The van der Waals surface area contributed by atoms with Gasteiger partial charge < -0.3 is 10.2 Å². The number of hydrogen-bond acceptors (Lipinski definition) is 4. The van der Waals surface area contributed by atoms with Crippen molar-refractivity contribution in [3.05, 3.63) is 23.6 Å². The van der Waals surface area contributed by atoms with E-state index in [0.717, 1.165) is 37.6 Å². The number of fused-ring (bicyclic) bond motifs is 1. The minimum Gasteiger partial charge on any atom is -0.353 e. The van der Waals surface area contributed by atoms with Crippen LogP contribution in [-0.4, -0.2) is 48.6 Å². The van der Waals surface area contributed by atoms with Crippen molar-refractivity contribution >= 4 is 5.82 Å². The molecule has 1 aromatic rings. The molecule has 3 rings (SSSR count). The molecule has 2 fully saturated rings. The third kappa shape index (κ3) is 2.79. The molecule has 0 saturated carbocycles. The fraction of sp³-hybridized carbons (Fsp3) is 0.667. The minimum absolute atomic E-state index is 0.249. The molecule has 0 spiro atoms. The normalized spacial score (nSPS) is 23.1. The molecule has 1 unspecified atom stereocenters. The topological polar surface area (TPSA) is 31.4 Å². The minimum atomic E-state index is -0.249. The maximum atomic E-state index is 13.4. The van der Waals surface area contributed by atoms with Crippen LogP contribution in [-0.2, 0) is 6.54 Å². The molecule has 2 aliphatic rings. The number of hydrogen-bond donors (Lipinski definition) is 1. The average molecular weight is 278 g/mol. The van der Waals surface area contributed by atoms with Crippen LogP contribution in [0.15, 0.2) is 12.3 Å². The molecular formula is C15H23FN4. The highest BCUT2D eigenvalue weighted by Crippen LogP contribution is 2.26. The lowest BCUT2D eigenvalue weighted by Crippen LogP contribution is -2.50. The van der Waals surface area contributed by atoms with Gasteiger partial charge in [-0.25, -0.2) is 9.37 Å². The summed E-state index contributed by atoms with van der Waals surface area (Å²) in [6, 6.07) is 2.27.